The van der Waals surface area contributed by atoms with Crippen LogP contribution in [0.2, 0.25) is 0 Å². The number of methoxy groups -OCH3 is 2. The SMILES string of the molecule is COc1ccc(N2CC(C(=O)N3CC[C@@H]4CNC[C@@H]4CC3)CC2=O)c(OC)c1. The summed E-state index contributed by atoms with van der Waals surface area (Å²) in [4.78, 5) is 29.5. The zero-order valence-electron chi connectivity index (χ0n) is 16.6. The lowest BCUT2D eigenvalue weighted by Gasteiger charge is -2.25. The van der Waals surface area contributed by atoms with Gasteiger partial charge in [-0.15, -0.1) is 0 Å². The number of likely N-dealkylation sites (tertiary alicyclic amines) is 1. The highest BCUT2D eigenvalue weighted by Crippen LogP contribution is 2.36. The highest BCUT2D eigenvalue weighted by atomic mass is 16.5. The van der Waals surface area contributed by atoms with Gasteiger partial charge in [-0.25, -0.2) is 0 Å². The number of nitrogens with one attached hydrogen (secondary N) is 1. The van der Waals surface area contributed by atoms with Gasteiger partial charge in [0.25, 0.3) is 0 Å². The van der Waals surface area contributed by atoms with Crippen molar-refractivity contribution < 1.29 is 19.1 Å². The van der Waals surface area contributed by atoms with Gasteiger partial charge in [-0.05, 0) is 49.9 Å². The minimum Gasteiger partial charge on any atom is -0.497 e. The Kier molecular flexibility index (Phi) is 5.44. The summed E-state index contributed by atoms with van der Waals surface area (Å²) in [7, 11) is 3.17. The van der Waals surface area contributed by atoms with Gasteiger partial charge in [0.15, 0.2) is 0 Å². The molecule has 0 aromatic heterocycles. The standard InChI is InChI=1S/C21H29N3O4/c1-27-17-3-4-18(19(10-17)28-2)24-13-16(9-20(24)25)21(26)23-7-5-14-11-22-12-15(14)6-8-23/h3-4,10,14-16,22H,5-9,11-13H2,1-2H3/t14-,15+,16?. The second-order valence-electron chi connectivity index (χ2n) is 8.02. The number of anilines is 1. The fourth-order valence-electron chi connectivity index (χ4n) is 4.81. The van der Waals surface area contributed by atoms with Crippen LogP contribution in [0.4, 0.5) is 5.69 Å². The number of carbonyl (C=O) groups is 2. The summed E-state index contributed by atoms with van der Waals surface area (Å²) in [6.07, 6.45) is 2.37. The van der Waals surface area contributed by atoms with Gasteiger partial charge in [0.1, 0.15) is 11.5 Å². The van der Waals surface area contributed by atoms with Crippen LogP contribution in [-0.2, 0) is 9.59 Å². The molecule has 152 valence electrons. The topological polar surface area (TPSA) is 71.1 Å². The van der Waals surface area contributed by atoms with E-state index in [1.807, 2.05) is 17.0 Å². The molecule has 7 heteroatoms. The maximum atomic E-state index is 13.1. The number of fused-ring (bicyclic) bond motifs is 1. The van der Waals surface area contributed by atoms with E-state index in [1.54, 1.807) is 25.2 Å². The first kappa shape index (κ1) is 19.1. The van der Waals surface area contributed by atoms with E-state index in [2.05, 4.69) is 5.32 Å². The average Bonchev–Trinajstić information content (AvgIpc) is 3.28. The molecular weight excluding hydrogens is 358 g/mol. The molecule has 3 heterocycles. The maximum Gasteiger partial charge on any atom is 0.228 e. The summed E-state index contributed by atoms with van der Waals surface area (Å²) in [6.45, 7) is 4.15. The zero-order valence-corrected chi connectivity index (χ0v) is 16.6. The number of hydrogen-bond donors (Lipinski definition) is 1. The van der Waals surface area contributed by atoms with Crippen molar-refractivity contribution in [2.45, 2.75) is 19.3 Å². The highest BCUT2D eigenvalue weighted by Gasteiger charge is 2.39. The van der Waals surface area contributed by atoms with E-state index in [0.717, 1.165) is 39.0 Å². The third-order valence-corrected chi connectivity index (χ3v) is 6.48. The molecule has 1 N–H and O–H groups in total. The van der Waals surface area contributed by atoms with Crippen molar-refractivity contribution in [3.05, 3.63) is 18.2 Å². The molecule has 1 aromatic rings. The van der Waals surface area contributed by atoms with Gasteiger partial charge in [0.05, 0.1) is 25.8 Å². The summed E-state index contributed by atoms with van der Waals surface area (Å²) in [5.74, 6) is 2.43. The van der Waals surface area contributed by atoms with Crippen molar-refractivity contribution in [3.63, 3.8) is 0 Å². The Balaban J connectivity index is 1.45. The first-order valence-electron chi connectivity index (χ1n) is 10.1. The Labute approximate surface area is 166 Å². The predicted octanol–water partition coefficient (Wildman–Crippen LogP) is 1.51. The van der Waals surface area contributed by atoms with Crippen LogP contribution in [0.1, 0.15) is 19.3 Å². The number of amides is 2. The molecule has 0 saturated carbocycles. The van der Waals surface area contributed by atoms with E-state index in [9.17, 15) is 9.59 Å². The molecule has 1 unspecified atom stereocenters. The van der Waals surface area contributed by atoms with Crippen LogP contribution in [0.25, 0.3) is 0 Å². The van der Waals surface area contributed by atoms with Crippen molar-refractivity contribution in [3.8, 4) is 11.5 Å². The van der Waals surface area contributed by atoms with Crippen LogP contribution in [0.5, 0.6) is 11.5 Å². The summed E-state index contributed by atoms with van der Waals surface area (Å²) in [5, 5.41) is 3.46. The molecule has 0 radical (unpaired) electrons. The highest BCUT2D eigenvalue weighted by molar-refractivity contribution is 6.01. The summed E-state index contributed by atoms with van der Waals surface area (Å²) < 4.78 is 10.7. The molecule has 3 fully saturated rings. The van der Waals surface area contributed by atoms with E-state index >= 15 is 0 Å². The molecule has 3 atom stereocenters. The third-order valence-electron chi connectivity index (χ3n) is 6.48. The molecule has 7 nitrogen and oxygen atoms in total. The lowest BCUT2D eigenvalue weighted by Crippen LogP contribution is -2.38. The summed E-state index contributed by atoms with van der Waals surface area (Å²) in [6, 6.07) is 5.39. The summed E-state index contributed by atoms with van der Waals surface area (Å²) in [5.41, 5.74) is 0.695. The van der Waals surface area contributed by atoms with E-state index in [0.29, 0.717) is 35.6 Å². The van der Waals surface area contributed by atoms with Gasteiger partial charge < -0.3 is 24.6 Å². The van der Waals surface area contributed by atoms with Gasteiger partial charge in [-0.2, -0.15) is 0 Å². The van der Waals surface area contributed by atoms with Crippen LogP contribution < -0.4 is 19.7 Å². The smallest absolute Gasteiger partial charge is 0.228 e. The number of carbonyl (C=O) groups excluding carboxylic acids is 2. The molecule has 0 spiro atoms. The molecule has 0 aliphatic carbocycles. The van der Waals surface area contributed by atoms with Gasteiger partial charge >= 0.3 is 0 Å². The van der Waals surface area contributed by atoms with Gasteiger partial charge in [-0.3, -0.25) is 9.59 Å². The van der Waals surface area contributed by atoms with Crippen LogP contribution in [-0.4, -0.2) is 63.7 Å². The molecular formula is C21H29N3O4. The minimum absolute atomic E-state index is 0.0299. The van der Waals surface area contributed by atoms with E-state index in [4.69, 9.17) is 9.47 Å². The number of hydrogen-bond acceptors (Lipinski definition) is 5. The molecule has 3 aliphatic heterocycles. The van der Waals surface area contributed by atoms with Crippen LogP contribution in [0.3, 0.4) is 0 Å². The number of rotatable bonds is 4. The average molecular weight is 387 g/mol. The van der Waals surface area contributed by atoms with Crippen LogP contribution >= 0.6 is 0 Å². The Bertz CT molecular complexity index is 739. The van der Waals surface area contributed by atoms with Crippen molar-refractivity contribution in [1.82, 2.24) is 10.2 Å². The minimum atomic E-state index is -0.282. The van der Waals surface area contributed by atoms with E-state index < -0.39 is 0 Å². The first-order chi connectivity index (χ1) is 13.6. The lowest BCUT2D eigenvalue weighted by molar-refractivity contribution is -0.135. The number of benzene rings is 1. The Hall–Kier alpha value is -2.28. The summed E-state index contributed by atoms with van der Waals surface area (Å²) >= 11 is 0. The Morgan fingerprint density at radius 3 is 2.46 bits per heavy atom. The fraction of sp³-hybridized carbons (Fsp3) is 0.619. The monoisotopic (exact) mass is 387 g/mol. The molecule has 4 rings (SSSR count). The number of nitrogens with zero attached hydrogens (tertiary/aromatic N) is 2. The largest absolute Gasteiger partial charge is 0.497 e. The Morgan fingerprint density at radius 2 is 1.82 bits per heavy atom. The molecule has 3 aliphatic rings. The van der Waals surface area contributed by atoms with Crippen molar-refractivity contribution in [1.29, 1.82) is 0 Å². The van der Waals surface area contributed by atoms with Crippen molar-refractivity contribution in [2.24, 2.45) is 17.8 Å². The van der Waals surface area contributed by atoms with Crippen LogP contribution in [0.15, 0.2) is 18.2 Å². The van der Waals surface area contributed by atoms with Crippen LogP contribution in [0, 0.1) is 17.8 Å². The molecule has 28 heavy (non-hydrogen) atoms. The third kappa shape index (κ3) is 3.55. The lowest BCUT2D eigenvalue weighted by atomic mass is 9.92. The first-order valence-corrected chi connectivity index (χ1v) is 10.1. The second-order valence-corrected chi connectivity index (χ2v) is 8.02. The van der Waals surface area contributed by atoms with Crippen molar-refractivity contribution in [2.75, 3.05) is 51.8 Å². The van der Waals surface area contributed by atoms with Gasteiger partial charge in [-0.1, -0.05) is 0 Å². The van der Waals surface area contributed by atoms with Crippen molar-refractivity contribution >= 4 is 17.5 Å². The van der Waals surface area contributed by atoms with E-state index in [1.165, 1.54) is 0 Å². The number of ether oxygens (including phenoxy) is 2. The molecule has 0 bridgehead atoms. The molecule has 1 aromatic carbocycles. The second kappa shape index (κ2) is 7.99. The van der Waals surface area contributed by atoms with Gasteiger partial charge in [0.2, 0.25) is 11.8 Å². The van der Waals surface area contributed by atoms with E-state index in [-0.39, 0.29) is 24.2 Å². The zero-order chi connectivity index (χ0) is 19.7. The fourth-order valence-corrected chi connectivity index (χ4v) is 4.81. The normalized spacial score (nSPS) is 27.5. The predicted molar refractivity (Wildman–Crippen MR) is 106 cm³/mol. The van der Waals surface area contributed by atoms with Gasteiger partial charge in [0, 0.05) is 32.1 Å². The quantitative estimate of drug-likeness (QED) is 0.848. The maximum absolute atomic E-state index is 13.1. The Morgan fingerprint density at radius 1 is 1.11 bits per heavy atom. The molecule has 3 saturated heterocycles. The molecule has 2 amide bonds.